The normalized spacial score (nSPS) is 9.64. The molecule has 0 fully saturated rings. The summed E-state index contributed by atoms with van der Waals surface area (Å²) in [6, 6.07) is 5.26. The lowest BCUT2D eigenvalue weighted by Crippen LogP contribution is -2.27. The van der Waals surface area contributed by atoms with Gasteiger partial charge in [0, 0.05) is 25.5 Å². The average Bonchev–Trinajstić information content (AvgIpc) is 2.11. The van der Waals surface area contributed by atoms with E-state index in [1.807, 2.05) is 13.0 Å². The van der Waals surface area contributed by atoms with Gasteiger partial charge in [0.25, 0.3) is 0 Å². The molecule has 0 saturated heterocycles. The number of amides is 2. The van der Waals surface area contributed by atoms with Gasteiger partial charge in [-0.3, -0.25) is 0 Å². The lowest BCUT2D eigenvalue weighted by molar-refractivity contribution is 0.230. The maximum absolute atomic E-state index is 11.3. The van der Waals surface area contributed by atoms with Gasteiger partial charge in [-0.1, -0.05) is 0 Å². The number of nitrogens with one attached hydrogen (secondary N) is 1. The third-order valence-corrected chi connectivity index (χ3v) is 1.93. The van der Waals surface area contributed by atoms with Gasteiger partial charge in [0.1, 0.15) is 0 Å². The maximum atomic E-state index is 11.3. The summed E-state index contributed by atoms with van der Waals surface area (Å²) < 4.78 is 0. The number of hydrogen-bond donors (Lipinski definition) is 2. The molecule has 4 nitrogen and oxygen atoms in total. The van der Waals surface area contributed by atoms with E-state index in [0.717, 1.165) is 16.9 Å². The van der Waals surface area contributed by atoms with Gasteiger partial charge in [-0.15, -0.1) is 0 Å². The quantitative estimate of drug-likeness (QED) is 0.666. The fourth-order valence-corrected chi connectivity index (χ4v) is 0.989. The number of aryl methyl sites for hydroxylation is 1. The Hall–Kier alpha value is -1.71. The van der Waals surface area contributed by atoms with Crippen LogP contribution in [-0.2, 0) is 0 Å². The second-order valence-corrected chi connectivity index (χ2v) is 3.40. The molecule has 1 aromatic carbocycles. The van der Waals surface area contributed by atoms with Crippen LogP contribution >= 0.6 is 0 Å². The number of rotatable bonds is 1. The predicted molar refractivity (Wildman–Crippen MR) is 58.3 cm³/mol. The zero-order chi connectivity index (χ0) is 10.7. The van der Waals surface area contributed by atoms with Crippen molar-refractivity contribution >= 4 is 17.4 Å². The second kappa shape index (κ2) is 4.00. The Morgan fingerprint density at radius 1 is 1.43 bits per heavy atom. The Bertz CT molecular complexity index is 347. The molecule has 1 aromatic rings. The van der Waals surface area contributed by atoms with Crippen molar-refractivity contribution < 1.29 is 4.79 Å². The monoisotopic (exact) mass is 193 g/mol. The molecule has 0 atom stereocenters. The summed E-state index contributed by atoms with van der Waals surface area (Å²) in [6.45, 7) is 1.90. The first-order valence-corrected chi connectivity index (χ1v) is 4.35. The molecule has 14 heavy (non-hydrogen) atoms. The van der Waals surface area contributed by atoms with Crippen LogP contribution in [0, 0.1) is 6.92 Å². The molecular formula is C10H15N3O. The van der Waals surface area contributed by atoms with Gasteiger partial charge in [-0.2, -0.15) is 0 Å². The summed E-state index contributed by atoms with van der Waals surface area (Å²) in [4.78, 5) is 12.8. The van der Waals surface area contributed by atoms with E-state index in [1.54, 1.807) is 26.2 Å². The van der Waals surface area contributed by atoms with Crippen molar-refractivity contribution in [2.24, 2.45) is 0 Å². The molecule has 0 radical (unpaired) electrons. The molecule has 0 heterocycles. The number of benzene rings is 1. The topological polar surface area (TPSA) is 58.4 Å². The third kappa shape index (κ3) is 2.39. The van der Waals surface area contributed by atoms with Gasteiger partial charge >= 0.3 is 6.03 Å². The van der Waals surface area contributed by atoms with Crippen molar-refractivity contribution in [1.82, 2.24) is 4.90 Å². The van der Waals surface area contributed by atoms with Crippen molar-refractivity contribution in [3.05, 3.63) is 23.8 Å². The molecule has 0 aliphatic heterocycles. The Kier molecular flexibility index (Phi) is 2.96. The molecule has 76 valence electrons. The number of carbonyl (C=O) groups excluding carboxylic acids is 1. The third-order valence-electron chi connectivity index (χ3n) is 1.93. The van der Waals surface area contributed by atoms with Crippen molar-refractivity contribution in [1.29, 1.82) is 0 Å². The fraction of sp³-hybridized carbons (Fsp3) is 0.300. The van der Waals surface area contributed by atoms with Gasteiger partial charge in [0.05, 0.1) is 0 Å². The minimum absolute atomic E-state index is 0.144. The molecule has 0 aliphatic rings. The minimum atomic E-state index is -0.144. The number of nitrogens with two attached hydrogens (primary N) is 1. The second-order valence-electron chi connectivity index (χ2n) is 3.40. The molecule has 0 aromatic heterocycles. The summed E-state index contributed by atoms with van der Waals surface area (Å²) in [5, 5.41) is 2.74. The number of urea groups is 1. The maximum Gasteiger partial charge on any atom is 0.321 e. The van der Waals surface area contributed by atoms with Gasteiger partial charge in [-0.25, -0.2) is 4.79 Å². The van der Waals surface area contributed by atoms with E-state index in [-0.39, 0.29) is 6.03 Å². The highest BCUT2D eigenvalue weighted by atomic mass is 16.2. The molecular weight excluding hydrogens is 178 g/mol. The Morgan fingerprint density at radius 3 is 2.57 bits per heavy atom. The fourth-order valence-electron chi connectivity index (χ4n) is 0.989. The Balaban J connectivity index is 2.78. The smallest absolute Gasteiger partial charge is 0.321 e. The lowest BCUT2D eigenvalue weighted by Gasteiger charge is -2.12. The van der Waals surface area contributed by atoms with Gasteiger partial charge in [0.15, 0.2) is 0 Å². The van der Waals surface area contributed by atoms with Crippen molar-refractivity contribution in [2.75, 3.05) is 25.1 Å². The highest BCUT2D eigenvalue weighted by molar-refractivity contribution is 5.89. The molecule has 0 spiro atoms. The van der Waals surface area contributed by atoms with E-state index in [0.29, 0.717) is 0 Å². The molecule has 0 unspecified atom stereocenters. The van der Waals surface area contributed by atoms with E-state index < -0.39 is 0 Å². The van der Waals surface area contributed by atoms with Crippen LogP contribution in [0.5, 0.6) is 0 Å². The highest BCUT2D eigenvalue weighted by Gasteiger charge is 2.03. The molecule has 3 N–H and O–H groups in total. The van der Waals surface area contributed by atoms with Gasteiger partial charge < -0.3 is 16.0 Å². The van der Waals surface area contributed by atoms with Crippen molar-refractivity contribution in [2.45, 2.75) is 6.92 Å². The Morgan fingerprint density at radius 2 is 2.07 bits per heavy atom. The first-order chi connectivity index (χ1) is 6.50. The highest BCUT2D eigenvalue weighted by Crippen LogP contribution is 2.16. The van der Waals surface area contributed by atoms with Crippen LogP contribution in [0.3, 0.4) is 0 Å². The zero-order valence-electron chi connectivity index (χ0n) is 8.66. The summed E-state index contributed by atoms with van der Waals surface area (Å²) in [6.07, 6.45) is 0. The number of nitrogen functional groups attached to an aromatic ring is 1. The van der Waals surface area contributed by atoms with Crippen molar-refractivity contribution in [3.8, 4) is 0 Å². The van der Waals surface area contributed by atoms with Crippen LogP contribution in [0.1, 0.15) is 5.56 Å². The molecule has 1 rings (SSSR count). The number of carbonyl (C=O) groups is 1. The summed E-state index contributed by atoms with van der Waals surface area (Å²) in [5.41, 5.74) is 8.11. The van der Waals surface area contributed by atoms with Gasteiger partial charge in [0.2, 0.25) is 0 Å². The SMILES string of the molecule is Cc1cc(NC(=O)N(C)C)ccc1N. The molecule has 0 bridgehead atoms. The van der Waals surface area contributed by atoms with Crippen LogP contribution in [0.2, 0.25) is 0 Å². The van der Waals surface area contributed by atoms with Crippen molar-refractivity contribution in [3.63, 3.8) is 0 Å². The van der Waals surface area contributed by atoms with E-state index in [2.05, 4.69) is 5.32 Å². The summed E-state index contributed by atoms with van der Waals surface area (Å²) in [7, 11) is 3.39. The summed E-state index contributed by atoms with van der Waals surface area (Å²) in [5.74, 6) is 0. The van der Waals surface area contributed by atoms with Gasteiger partial charge in [-0.05, 0) is 30.7 Å². The van der Waals surface area contributed by atoms with Crippen LogP contribution in [0.4, 0.5) is 16.2 Å². The van der Waals surface area contributed by atoms with E-state index >= 15 is 0 Å². The molecule has 2 amide bonds. The van der Waals surface area contributed by atoms with E-state index in [9.17, 15) is 4.79 Å². The molecule has 0 aliphatic carbocycles. The van der Waals surface area contributed by atoms with E-state index in [4.69, 9.17) is 5.73 Å². The Labute approximate surface area is 83.7 Å². The minimum Gasteiger partial charge on any atom is -0.399 e. The largest absolute Gasteiger partial charge is 0.399 e. The summed E-state index contributed by atoms with van der Waals surface area (Å²) >= 11 is 0. The molecule has 0 saturated carbocycles. The average molecular weight is 193 g/mol. The molecule has 4 heteroatoms. The number of nitrogens with zero attached hydrogens (tertiary/aromatic N) is 1. The lowest BCUT2D eigenvalue weighted by atomic mass is 10.2. The standard InChI is InChI=1S/C10H15N3O/c1-7-6-8(4-5-9(7)11)12-10(14)13(2)3/h4-6H,11H2,1-3H3,(H,12,14). The van der Waals surface area contributed by atoms with E-state index in [1.165, 1.54) is 4.90 Å². The zero-order valence-corrected chi connectivity index (χ0v) is 8.66. The van der Waals surface area contributed by atoms with Crippen LogP contribution < -0.4 is 11.1 Å². The number of hydrogen-bond acceptors (Lipinski definition) is 2. The first kappa shape index (κ1) is 10.4. The van der Waals surface area contributed by atoms with Crippen LogP contribution in [0.25, 0.3) is 0 Å². The number of anilines is 2. The van der Waals surface area contributed by atoms with Crippen LogP contribution in [0.15, 0.2) is 18.2 Å². The van der Waals surface area contributed by atoms with Crippen LogP contribution in [-0.4, -0.2) is 25.0 Å². The predicted octanol–water partition coefficient (Wildman–Crippen LogP) is 1.67. The first-order valence-electron chi connectivity index (χ1n) is 4.35.